The number of methoxy groups -OCH3 is 1. The number of rotatable bonds is 10. The zero-order valence-electron chi connectivity index (χ0n) is 17.8. The first-order valence-electron chi connectivity index (χ1n) is 10.3. The summed E-state index contributed by atoms with van der Waals surface area (Å²) in [6.45, 7) is 6.36. The van der Waals surface area contributed by atoms with E-state index in [2.05, 4.69) is 15.0 Å². The van der Waals surface area contributed by atoms with Crippen molar-refractivity contribution in [3.8, 4) is 11.5 Å². The first-order valence-corrected chi connectivity index (χ1v) is 10.3. The third-order valence-electron chi connectivity index (χ3n) is 5.13. The number of likely N-dealkylation sites (tertiary alicyclic amines) is 1. The van der Waals surface area contributed by atoms with Crippen LogP contribution in [0.15, 0.2) is 28.8 Å². The SMILES string of the molecule is COc1ccc(CN(C)Cc2cc(C)no2)cc1OC[C@H](O)CN1CCCCC1. The van der Waals surface area contributed by atoms with Gasteiger partial charge in [0.1, 0.15) is 12.7 Å². The fraction of sp³-hybridized carbons (Fsp3) is 0.591. The van der Waals surface area contributed by atoms with Crippen molar-refractivity contribution in [2.24, 2.45) is 0 Å². The van der Waals surface area contributed by atoms with Crippen LogP contribution >= 0.6 is 0 Å². The lowest BCUT2D eigenvalue weighted by Crippen LogP contribution is -2.38. The van der Waals surface area contributed by atoms with E-state index in [1.54, 1.807) is 7.11 Å². The van der Waals surface area contributed by atoms with Crippen molar-refractivity contribution < 1.29 is 19.1 Å². The maximum atomic E-state index is 10.4. The number of hydrogen-bond acceptors (Lipinski definition) is 7. The fourth-order valence-corrected chi connectivity index (χ4v) is 3.74. The molecule has 3 rings (SSSR count). The van der Waals surface area contributed by atoms with E-state index in [9.17, 15) is 5.11 Å². The Hall–Kier alpha value is -2.09. The van der Waals surface area contributed by atoms with E-state index in [4.69, 9.17) is 14.0 Å². The summed E-state index contributed by atoms with van der Waals surface area (Å²) in [5.74, 6) is 2.18. The van der Waals surface area contributed by atoms with Gasteiger partial charge in [0.2, 0.25) is 0 Å². The zero-order chi connectivity index (χ0) is 20.6. The van der Waals surface area contributed by atoms with E-state index < -0.39 is 6.10 Å². The van der Waals surface area contributed by atoms with Crippen molar-refractivity contribution in [1.82, 2.24) is 15.0 Å². The summed E-state index contributed by atoms with van der Waals surface area (Å²) in [5, 5.41) is 14.3. The molecular weight excluding hydrogens is 370 g/mol. The average Bonchev–Trinajstić information content (AvgIpc) is 3.11. The Morgan fingerprint density at radius 1 is 1.17 bits per heavy atom. The molecule has 29 heavy (non-hydrogen) atoms. The number of hydrogen-bond donors (Lipinski definition) is 1. The Morgan fingerprint density at radius 3 is 2.66 bits per heavy atom. The zero-order valence-corrected chi connectivity index (χ0v) is 17.8. The van der Waals surface area contributed by atoms with Crippen molar-refractivity contribution in [3.05, 3.63) is 41.3 Å². The van der Waals surface area contributed by atoms with Gasteiger partial charge in [-0.2, -0.15) is 0 Å². The minimum Gasteiger partial charge on any atom is -0.493 e. The molecule has 1 atom stereocenters. The number of ether oxygens (including phenoxy) is 2. The molecule has 0 radical (unpaired) electrons. The number of β-amino-alcohol motifs (C(OH)–C–C–N with tert-alkyl or cyclic N) is 1. The van der Waals surface area contributed by atoms with Crippen LogP contribution in [0.1, 0.15) is 36.3 Å². The minimum atomic E-state index is -0.515. The number of aliphatic hydroxyl groups is 1. The van der Waals surface area contributed by atoms with Crippen LogP contribution in [0.4, 0.5) is 0 Å². The maximum Gasteiger partial charge on any atom is 0.161 e. The molecule has 1 aromatic heterocycles. The molecule has 0 spiro atoms. The second kappa shape index (κ2) is 10.6. The molecular formula is C22H33N3O4. The van der Waals surface area contributed by atoms with Crippen LogP contribution in [-0.2, 0) is 13.1 Å². The molecule has 7 heteroatoms. The number of nitrogens with zero attached hydrogens (tertiary/aromatic N) is 3. The predicted octanol–water partition coefficient (Wildman–Crippen LogP) is 2.85. The lowest BCUT2D eigenvalue weighted by molar-refractivity contribution is 0.0608. The Morgan fingerprint density at radius 2 is 1.97 bits per heavy atom. The van der Waals surface area contributed by atoms with Gasteiger partial charge in [-0.1, -0.05) is 17.6 Å². The van der Waals surface area contributed by atoms with Crippen molar-refractivity contribution in [1.29, 1.82) is 0 Å². The van der Waals surface area contributed by atoms with Crippen molar-refractivity contribution >= 4 is 0 Å². The molecule has 0 amide bonds. The normalized spacial score (nSPS) is 16.2. The number of aromatic nitrogens is 1. The smallest absolute Gasteiger partial charge is 0.161 e. The molecule has 0 aliphatic carbocycles. The van der Waals surface area contributed by atoms with Gasteiger partial charge >= 0.3 is 0 Å². The van der Waals surface area contributed by atoms with Gasteiger partial charge < -0.3 is 24.0 Å². The average molecular weight is 404 g/mol. The quantitative estimate of drug-likeness (QED) is 0.654. The van der Waals surface area contributed by atoms with Gasteiger partial charge in [-0.3, -0.25) is 4.90 Å². The van der Waals surface area contributed by atoms with Gasteiger partial charge in [0.25, 0.3) is 0 Å². The van der Waals surface area contributed by atoms with E-state index in [0.717, 1.165) is 36.7 Å². The molecule has 2 heterocycles. The number of benzene rings is 1. The number of piperidine rings is 1. The second-order valence-corrected chi connectivity index (χ2v) is 7.92. The summed E-state index contributed by atoms with van der Waals surface area (Å²) in [4.78, 5) is 4.46. The van der Waals surface area contributed by atoms with Crippen molar-refractivity contribution in [2.75, 3.05) is 40.4 Å². The van der Waals surface area contributed by atoms with Gasteiger partial charge in [-0.25, -0.2) is 0 Å². The van der Waals surface area contributed by atoms with Crippen LogP contribution in [0.5, 0.6) is 11.5 Å². The van der Waals surface area contributed by atoms with E-state index >= 15 is 0 Å². The summed E-state index contributed by atoms with van der Waals surface area (Å²) in [5.41, 5.74) is 1.99. The van der Waals surface area contributed by atoms with Gasteiger partial charge in [-0.15, -0.1) is 0 Å². The summed E-state index contributed by atoms with van der Waals surface area (Å²) in [7, 11) is 3.66. The van der Waals surface area contributed by atoms with Crippen molar-refractivity contribution in [3.63, 3.8) is 0 Å². The number of aryl methyl sites for hydroxylation is 1. The molecule has 7 nitrogen and oxygen atoms in total. The van der Waals surface area contributed by atoms with Crippen LogP contribution in [0, 0.1) is 6.92 Å². The molecule has 1 fully saturated rings. The fourth-order valence-electron chi connectivity index (χ4n) is 3.74. The number of aliphatic hydroxyl groups excluding tert-OH is 1. The van der Waals surface area contributed by atoms with Crippen LogP contribution < -0.4 is 9.47 Å². The van der Waals surface area contributed by atoms with Gasteiger partial charge in [-0.05, 0) is 57.6 Å². The lowest BCUT2D eigenvalue weighted by atomic mass is 10.1. The Kier molecular flexibility index (Phi) is 7.91. The van der Waals surface area contributed by atoms with E-state index in [-0.39, 0.29) is 6.61 Å². The maximum absolute atomic E-state index is 10.4. The lowest BCUT2D eigenvalue weighted by Gasteiger charge is -2.28. The molecule has 1 saturated heterocycles. The standard InChI is InChI=1S/C22H33N3O4/c1-17-11-20(29-23-17)15-24(2)13-18-7-8-21(27-3)22(12-18)28-16-19(26)14-25-9-5-4-6-10-25/h7-8,11-12,19,26H,4-6,9-10,13-16H2,1-3H3/t19-/m1/s1. The minimum absolute atomic E-state index is 0.253. The van der Waals surface area contributed by atoms with Gasteiger partial charge in [0.15, 0.2) is 17.3 Å². The molecule has 0 bridgehead atoms. The molecule has 2 aromatic rings. The second-order valence-electron chi connectivity index (χ2n) is 7.92. The molecule has 160 valence electrons. The predicted molar refractivity (Wildman–Crippen MR) is 111 cm³/mol. The molecule has 1 aromatic carbocycles. The Balaban J connectivity index is 1.54. The topological polar surface area (TPSA) is 71.2 Å². The van der Waals surface area contributed by atoms with Crippen molar-refractivity contribution in [2.45, 2.75) is 45.4 Å². The highest BCUT2D eigenvalue weighted by Gasteiger charge is 2.16. The largest absolute Gasteiger partial charge is 0.493 e. The Labute approximate surface area is 173 Å². The molecule has 0 unspecified atom stereocenters. The summed E-state index contributed by atoms with van der Waals surface area (Å²) in [6, 6.07) is 7.86. The van der Waals surface area contributed by atoms with Crippen LogP contribution in [0.3, 0.4) is 0 Å². The highest BCUT2D eigenvalue weighted by molar-refractivity contribution is 5.43. The third kappa shape index (κ3) is 6.73. The van der Waals surface area contributed by atoms with Gasteiger partial charge in [0.05, 0.1) is 19.3 Å². The molecule has 0 saturated carbocycles. The highest BCUT2D eigenvalue weighted by atomic mass is 16.5. The molecule has 1 aliphatic rings. The van der Waals surface area contributed by atoms with Crippen LogP contribution in [0.25, 0.3) is 0 Å². The summed E-state index contributed by atoms with van der Waals surface area (Å²) >= 11 is 0. The van der Waals surface area contributed by atoms with Gasteiger partial charge in [0, 0.05) is 19.2 Å². The summed E-state index contributed by atoms with van der Waals surface area (Å²) in [6.07, 6.45) is 3.20. The molecule has 1 aliphatic heterocycles. The monoisotopic (exact) mass is 403 g/mol. The third-order valence-corrected chi connectivity index (χ3v) is 5.13. The van der Waals surface area contributed by atoms with E-state index in [0.29, 0.717) is 24.6 Å². The summed E-state index contributed by atoms with van der Waals surface area (Å²) < 4.78 is 16.7. The first-order chi connectivity index (χ1) is 14.0. The first kappa shape index (κ1) is 21.6. The van der Waals surface area contributed by atoms with E-state index in [1.165, 1.54) is 19.3 Å². The Bertz CT molecular complexity index is 758. The van der Waals surface area contributed by atoms with Crippen LogP contribution in [-0.4, -0.2) is 66.6 Å². The highest BCUT2D eigenvalue weighted by Crippen LogP contribution is 2.29. The van der Waals surface area contributed by atoms with Crippen LogP contribution in [0.2, 0.25) is 0 Å². The molecule has 1 N–H and O–H groups in total. The van der Waals surface area contributed by atoms with E-state index in [1.807, 2.05) is 38.2 Å².